The van der Waals surface area contributed by atoms with Crippen LogP contribution >= 0.6 is 0 Å². The Morgan fingerprint density at radius 2 is 1.85 bits per heavy atom. The van der Waals surface area contributed by atoms with E-state index in [1.54, 1.807) is 0 Å². The van der Waals surface area contributed by atoms with Crippen molar-refractivity contribution in [1.82, 2.24) is 0 Å². The molecule has 0 aliphatic carbocycles. The lowest BCUT2D eigenvalue weighted by Gasteiger charge is -2.09. The lowest BCUT2D eigenvalue weighted by molar-refractivity contribution is 0.325. The van der Waals surface area contributed by atoms with Crippen LogP contribution in [0.1, 0.15) is 13.8 Å². The topological polar surface area (TPSA) is 18.5 Å². The van der Waals surface area contributed by atoms with E-state index < -0.39 is 0 Å². The van der Waals surface area contributed by atoms with E-state index in [9.17, 15) is 0 Å². The molecule has 0 aromatic heterocycles. The Kier molecular flexibility index (Phi) is 3.68. The molecule has 0 saturated heterocycles. The maximum Gasteiger partial charge on any atom is 0.144 e. The van der Waals surface area contributed by atoms with E-state index in [0.717, 1.165) is 17.0 Å². The smallest absolute Gasteiger partial charge is 0.144 e. The monoisotopic (exact) mass is 178 g/mol. The molecule has 3 heteroatoms. The highest BCUT2D eigenvalue weighted by Gasteiger charge is 2.00. The van der Waals surface area contributed by atoms with E-state index in [-0.39, 0.29) is 0 Å². The van der Waals surface area contributed by atoms with Crippen molar-refractivity contribution in [3.8, 4) is 11.5 Å². The third-order valence-corrected chi connectivity index (χ3v) is 1.77. The van der Waals surface area contributed by atoms with Gasteiger partial charge in [0.25, 0.3) is 0 Å². The van der Waals surface area contributed by atoms with Gasteiger partial charge in [0.2, 0.25) is 0 Å². The van der Waals surface area contributed by atoms with Crippen LogP contribution < -0.4 is 14.9 Å². The average Bonchev–Trinajstić information content (AvgIpc) is 2.12. The van der Waals surface area contributed by atoms with Crippen LogP contribution in [-0.2, 0) is 0 Å². The minimum Gasteiger partial charge on any atom is -0.494 e. The first-order valence-corrected chi connectivity index (χ1v) is 4.64. The summed E-state index contributed by atoms with van der Waals surface area (Å²) in [5.41, 5.74) is 1.14. The van der Waals surface area contributed by atoms with Crippen LogP contribution in [0.4, 0.5) is 0 Å². The molecule has 0 radical (unpaired) electrons. The summed E-state index contributed by atoms with van der Waals surface area (Å²) < 4.78 is 10.8. The van der Waals surface area contributed by atoms with Crippen molar-refractivity contribution in [2.24, 2.45) is 0 Å². The van der Waals surface area contributed by atoms with Gasteiger partial charge in [-0.3, -0.25) is 0 Å². The van der Waals surface area contributed by atoms with E-state index >= 15 is 0 Å². The van der Waals surface area contributed by atoms with Gasteiger partial charge in [-0.2, -0.15) is 0 Å². The average molecular weight is 178 g/mol. The minimum atomic E-state index is 0.689. The molecule has 70 valence electrons. The molecule has 0 bridgehead atoms. The maximum atomic E-state index is 5.44. The molecule has 1 aromatic rings. The molecule has 13 heavy (non-hydrogen) atoms. The molecule has 0 heterocycles. The van der Waals surface area contributed by atoms with E-state index in [1.807, 2.05) is 39.9 Å². The summed E-state index contributed by atoms with van der Waals surface area (Å²) in [6.07, 6.45) is 0. The lowest BCUT2D eigenvalue weighted by Crippen LogP contribution is -2.09. The molecule has 1 aromatic carbocycles. The number of ether oxygens (including phenoxy) is 2. The number of benzene rings is 1. The van der Waals surface area contributed by atoms with Crippen molar-refractivity contribution < 1.29 is 9.47 Å². The Hall–Kier alpha value is -1.12. The first kappa shape index (κ1) is 9.97. The third kappa shape index (κ3) is 2.69. The molecular formula is C10H15BO2. The molecule has 0 N–H and O–H groups in total. The van der Waals surface area contributed by atoms with Gasteiger partial charge in [-0.25, -0.2) is 0 Å². The molecule has 0 saturated carbocycles. The number of hydrogen-bond acceptors (Lipinski definition) is 2. The summed E-state index contributed by atoms with van der Waals surface area (Å²) in [5, 5.41) is 0. The van der Waals surface area contributed by atoms with Gasteiger partial charge in [-0.15, -0.1) is 0 Å². The summed E-state index contributed by atoms with van der Waals surface area (Å²) in [6, 6.07) is 5.90. The van der Waals surface area contributed by atoms with Crippen molar-refractivity contribution in [3.05, 3.63) is 18.2 Å². The van der Waals surface area contributed by atoms with Crippen LogP contribution in [0.2, 0.25) is 0 Å². The standard InChI is InChI=1S/C10H15BO2/c1-3-12-8-5-6-9(11)10(7-8)13-4-2/h5-7H,3-4,11H2,1-2H3. The molecule has 0 fully saturated rings. The Bertz CT molecular complexity index is 274. The largest absolute Gasteiger partial charge is 0.494 e. The second-order valence-electron chi connectivity index (χ2n) is 2.79. The summed E-state index contributed by atoms with van der Waals surface area (Å²) in [7, 11) is 2.03. The predicted molar refractivity (Wildman–Crippen MR) is 57.0 cm³/mol. The Morgan fingerprint density at radius 3 is 2.46 bits per heavy atom. The van der Waals surface area contributed by atoms with Gasteiger partial charge in [0.15, 0.2) is 0 Å². The third-order valence-electron chi connectivity index (χ3n) is 1.77. The van der Waals surface area contributed by atoms with Gasteiger partial charge in [0.1, 0.15) is 19.3 Å². The molecule has 0 unspecified atom stereocenters. The van der Waals surface area contributed by atoms with Gasteiger partial charge >= 0.3 is 0 Å². The highest BCUT2D eigenvalue weighted by atomic mass is 16.5. The molecule has 2 nitrogen and oxygen atoms in total. The second-order valence-corrected chi connectivity index (χ2v) is 2.79. The first-order valence-electron chi connectivity index (χ1n) is 4.64. The highest BCUT2D eigenvalue weighted by molar-refractivity contribution is 6.34. The molecule has 0 aliphatic rings. The number of hydrogen-bond donors (Lipinski definition) is 0. The lowest BCUT2D eigenvalue weighted by atomic mass is 9.95. The molecule has 0 spiro atoms. The van der Waals surface area contributed by atoms with E-state index in [4.69, 9.17) is 9.47 Å². The molecular weight excluding hydrogens is 163 g/mol. The number of rotatable bonds is 4. The molecule has 0 atom stereocenters. The fraction of sp³-hybridized carbons (Fsp3) is 0.400. The summed E-state index contributed by atoms with van der Waals surface area (Å²) >= 11 is 0. The van der Waals surface area contributed by atoms with Crippen molar-refractivity contribution in [2.45, 2.75) is 13.8 Å². The summed E-state index contributed by atoms with van der Waals surface area (Å²) in [4.78, 5) is 0. The van der Waals surface area contributed by atoms with Crippen molar-refractivity contribution in [1.29, 1.82) is 0 Å². The van der Waals surface area contributed by atoms with Crippen LogP contribution in [0, 0.1) is 0 Å². The van der Waals surface area contributed by atoms with Gasteiger partial charge in [-0.1, -0.05) is 6.07 Å². The van der Waals surface area contributed by atoms with Crippen LogP contribution in [0.15, 0.2) is 18.2 Å². The van der Waals surface area contributed by atoms with E-state index in [0.29, 0.717) is 13.2 Å². The predicted octanol–water partition coefficient (Wildman–Crippen LogP) is 0.742. The zero-order valence-corrected chi connectivity index (χ0v) is 8.46. The van der Waals surface area contributed by atoms with Crippen LogP contribution in [0.5, 0.6) is 11.5 Å². The zero-order valence-electron chi connectivity index (χ0n) is 8.46. The van der Waals surface area contributed by atoms with Gasteiger partial charge < -0.3 is 9.47 Å². The van der Waals surface area contributed by atoms with Crippen LogP contribution in [0.3, 0.4) is 0 Å². The summed E-state index contributed by atoms with van der Waals surface area (Å²) in [5.74, 6) is 1.78. The first-order chi connectivity index (χ1) is 6.27. The Labute approximate surface area is 80.3 Å². The maximum absolute atomic E-state index is 5.44. The van der Waals surface area contributed by atoms with Gasteiger partial charge in [-0.05, 0) is 25.4 Å². The SMILES string of the molecule is Bc1ccc(OCC)cc1OCC. The molecule has 1 rings (SSSR count). The normalized spacial score (nSPS) is 9.69. The zero-order chi connectivity index (χ0) is 9.68. The van der Waals surface area contributed by atoms with E-state index in [1.165, 1.54) is 0 Å². The fourth-order valence-electron chi connectivity index (χ4n) is 1.15. The molecule has 0 amide bonds. The minimum absolute atomic E-state index is 0.689. The van der Waals surface area contributed by atoms with Gasteiger partial charge in [0, 0.05) is 6.07 Å². The van der Waals surface area contributed by atoms with Crippen molar-refractivity contribution >= 4 is 13.3 Å². The van der Waals surface area contributed by atoms with Gasteiger partial charge in [0.05, 0.1) is 13.2 Å². The van der Waals surface area contributed by atoms with Crippen LogP contribution in [-0.4, -0.2) is 21.1 Å². The van der Waals surface area contributed by atoms with Crippen LogP contribution in [0.25, 0.3) is 0 Å². The fourth-order valence-corrected chi connectivity index (χ4v) is 1.15. The Morgan fingerprint density at radius 1 is 1.15 bits per heavy atom. The quantitative estimate of drug-likeness (QED) is 0.633. The highest BCUT2D eigenvalue weighted by Crippen LogP contribution is 2.16. The summed E-state index contributed by atoms with van der Waals surface area (Å²) in [6.45, 7) is 5.33. The molecule has 0 aliphatic heterocycles. The van der Waals surface area contributed by atoms with E-state index in [2.05, 4.69) is 0 Å². The second kappa shape index (κ2) is 4.80. The van der Waals surface area contributed by atoms with Crippen molar-refractivity contribution in [3.63, 3.8) is 0 Å². The Balaban J connectivity index is 2.83. The van der Waals surface area contributed by atoms with Crippen molar-refractivity contribution in [2.75, 3.05) is 13.2 Å².